The highest BCUT2D eigenvalue weighted by molar-refractivity contribution is 5.74. The van der Waals surface area contributed by atoms with E-state index in [2.05, 4.69) is 33.8 Å². The zero-order valence-corrected chi connectivity index (χ0v) is 11.9. The van der Waals surface area contributed by atoms with E-state index in [1.54, 1.807) is 12.4 Å². The van der Waals surface area contributed by atoms with Crippen LogP contribution in [-0.4, -0.2) is 11.0 Å². The molecule has 4 heteroatoms. The molecule has 0 saturated heterocycles. The molecule has 1 aliphatic rings. The lowest BCUT2D eigenvalue weighted by atomic mass is 9.88. The van der Waals surface area contributed by atoms with Crippen molar-refractivity contribution in [1.29, 1.82) is 0 Å². The molecule has 21 heavy (non-hydrogen) atoms. The molecule has 4 nitrogen and oxygen atoms in total. The average Bonchev–Trinajstić information content (AvgIpc) is 2.54. The molecule has 1 aromatic carbocycles. The minimum absolute atomic E-state index is 0.115. The third kappa shape index (κ3) is 3.40. The largest absolute Gasteiger partial charge is 0.334 e. The lowest BCUT2D eigenvalue weighted by Crippen LogP contribution is -2.38. The summed E-state index contributed by atoms with van der Waals surface area (Å²) in [6, 6.07) is 12.2. The number of hydrogen-bond donors (Lipinski definition) is 2. The van der Waals surface area contributed by atoms with Crippen molar-refractivity contribution in [3.05, 3.63) is 65.5 Å². The van der Waals surface area contributed by atoms with Crippen molar-refractivity contribution >= 4 is 6.03 Å². The molecule has 1 unspecified atom stereocenters. The first-order chi connectivity index (χ1) is 10.3. The van der Waals surface area contributed by atoms with Crippen LogP contribution in [0.2, 0.25) is 0 Å². The summed E-state index contributed by atoms with van der Waals surface area (Å²) >= 11 is 0. The fraction of sp³-hybridized carbons (Fsp3) is 0.294. The molecular formula is C17H19N3O. The lowest BCUT2D eigenvalue weighted by Gasteiger charge is -2.26. The number of aryl methyl sites for hydroxylation is 1. The number of urea groups is 1. The zero-order chi connectivity index (χ0) is 14.5. The molecule has 0 saturated carbocycles. The number of carbonyl (C=O) groups is 1. The number of hydrogen-bond acceptors (Lipinski definition) is 2. The first-order valence-electron chi connectivity index (χ1n) is 7.34. The van der Waals surface area contributed by atoms with Gasteiger partial charge >= 0.3 is 6.03 Å². The number of amides is 2. The fourth-order valence-corrected chi connectivity index (χ4v) is 2.80. The van der Waals surface area contributed by atoms with E-state index in [9.17, 15) is 4.79 Å². The van der Waals surface area contributed by atoms with Crippen molar-refractivity contribution in [2.45, 2.75) is 31.8 Å². The Labute approximate surface area is 124 Å². The monoisotopic (exact) mass is 281 g/mol. The van der Waals surface area contributed by atoms with Crippen molar-refractivity contribution in [1.82, 2.24) is 15.6 Å². The molecule has 108 valence electrons. The van der Waals surface area contributed by atoms with E-state index >= 15 is 0 Å². The number of benzene rings is 1. The molecular weight excluding hydrogens is 262 g/mol. The van der Waals surface area contributed by atoms with Crippen LogP contribution in [0.4, 0.5) is 4.79 Å². The minimum Gasteiger partial charge on any atom is -0.334 e. The van der Waals surface area contributed by atoms with E-state index in [0.29, 0.717) is 6.54 Å². The van der Waals surface area contributed by atoms with E-state index < -0.39 is 0 Å². The number of fused-ring (bicyclic) bond motifs is 1. The smallest absolute Gasteiger partial charge is 0.315 e. The van der Waals surface area contributed by atoms with Crippen LogP contribution in [0.15, 0.2) is 48.8 Å². The molecule has 0 radical (unpaired) electrons. The predicted molar refractivity (Wildman–Crippen MR) is 81.7 cm³/mol. The van der Waals surface area contributed by atoms with E-state index in [4.69, 9.17) is 0 Å². The van der Waals surface area contributed by atoms with E-state index in [1.165, 1.54) is 11.1 Å². The van der Waals surface area contributed by atoms with Crippen LogP contribution in [-0.2, 0) is 13.0 Å². The molecule has 1 aromatic heterocycles. The van der Waals surface area contributed by atoms with Gasteiger partial charge < -0.3 is 10.6 Å². The zero-order valence-electron chi connectivity index (χ0n) is 11.9. The van der Waals surface area contributed by atoms with Crippen LogP contribution in [0.25, 0.3) is 0 Å². The van der Waals surface area contributed by atoms with Gasteiger partial charge in [0.25, 0.3) is 0 Å². The highest BCUT2D eigenvalue weighted by Crippen LogP contribution is 2.29. The number of aromatic nitrogens is 1. The number of nitrogens with zero attached hydrogens (tertiary/aromatic N) is 1. The SMILES string of the molecule is O=C(NCc1cccnc1)NC1CCCc2ccccc21. The highest BCUT2D eigenvalue weighted by Gasteiger charge is 2.20. The summed E-state index contributed by atoms with van der Waals surface area (Å²) in [6.07, 6.45) is 6.70. The van der Waals surface area contributed by atoms with Gasteiger partial charge in [-0.3, -0.25) is 4.98 Å². The van der Waals surface area contributed by atoms with Crippen LogP contribution in [0, 0.1) is 0 Å². The third-order valence-corrected chi connectivity index (χ3v) is 3.85. The summed E-state index contributed by atoms with van der Waals surface area (Å²) in [5, 5.41) is 5.96. The Morgan fingerprint density at radius 2 is 2.14 bits per heavy atom. The summed E-state index contributed by atoms with van der Waals surface area (Å²) in [5.41, 5.74) is 3.60. The van der Waals surface area contributed by atoms with Crippen LogP contribution in [0.3, 0.4) is 0 Å². The van der Waals surface area contributed by atoms with Crippen molar-refractivity contribution in [3.63, 3.8) is 0 Å². The molecule has 2 aromatic rings. The van der Waals surface area contributed by atoms with E-state index in [-0.39, 0.29) is 12.1 Å². The quantitative estimate of drug-likeness (QED) is 0.908. The van der Waals surface area contributed by atoms with Crippen molar-refractivity contribution in [2.75, 3.05) is 0 Å². The number of carbonyl (C=O) groups excluding carboxylic acids is 1. The van der Waals surface area contributed by atoms with Gasteiger partial charge in [0.2, 0.25) is 0 Å². The maximum atomic E-state index is 12.1. The van der Waals surface area contributed by atoms with Crippen molar-refractivity contribution in [2.24, 2.45) is 0 Å². The Morgan fingerprint density at radius 3 is 3.00 bits per heavy atom. The van der Waals surface area contributed by atoms with Crippen LogP contribution >= 0.6 is 0 Å². The molecule has 0 fully saturated rings. The Hall–Kier alpha value is -2.36. The first kappa shape index (κ1) is 13.6. The Bertz CT molecular complexity index is 612. The molecule has 0 aliphatic heterocycles. The van der Waals surface area contributed by atoms with Gasteiger partial charge in [0.1, 0.15) is 0 Å². The molecule has 1 heterocycles. The van der Waals surface area contributed by atoms with E-state index in [0.717, 1.165) is 24.8 Å². The molecule has 2 amide bonds. The maximum absolute atomic E-state index is 12.1. The minimum atomic E-state index is -0.124. The van der Waals surface area contributed by atoms with Gasteiger partial charge in [-0.2, -0.15) is 0 Å². The van der Waals surface area contributed by atoms with Crippen LogP contribution < -0.4 is 10.6 Å². The maximum Gasteiger partial charge on any atom is 0.315 e. The van der Waals surface area contributed by atoms with Gasteiger partial charge in [-0.05, 0) is 42.0 Å². The van der Waals surface area contributed by atoms with Gasteiger partial charge in [-0.25, -0.2) is 4.79 Å². The van der Waals surface area contributed by atoms with Gasteiger partial charge in [0.05, 0.1) is 6.04 Å². The van der Waals surface area contributed by atoms with Crippen LogP contribution in [0.5, 0.6) is 0 Å². The second-order valence-electron chi connectivity index (χ2n) is 5.33. The Morgan fingerprint density at radius 1 is 1.24 bits per heavy atom. The molecule has 1 aliphatic carbocycles. The normalized spacial score (nSPS) is 16.9. The second kappa shape index (κ2) is 6.39. The van der Waals surface area contributed by atoms with Gasteiger partial charge in [-0.1, -0.05) is 30.3 Å². The van der Waals surface area contributed by atoms with E-state index in [1.807, 2.05) is 18.2 Å². The summed E-state index contributed by atoms with van der Waals surface area (Å²) < 4.78 is 0. The topological polar surface area (TPSA) is 54.0 Å². The summed E-state index contributed by atoms with van der Waals surface area (Å²) in [4.78, 5) is 16.1. The summed E-state index contributed by atoms with van der Waals surface area (Å²) in [5.74, 6) is 0. The number of rotatable bonds is 3. The van der Waals surface area contributed by atoms with Gasteiger partial charge in [0.15, 0.2) is 0 Å². The molecule has 2 N–H and O–H groups in total. The average molecular weight is 281 g/mol. The molecule has 3 rings (SSSR count). The molecule has 0 bridgehead atoms. The standard InChI is InChI=1S/C17H19N3O/c21-17(19-12-13-5-4-10-18-11-13)20-16-9-3-7-14-6-1-2-8-15(14)16/h1-2,4-6,8,10-11,16H,3,7,9,12H2,(H2,19,20,21). The first-order valence-corrected chi connectivity index (χ1v) is 7.34. The fourth-order valence-electron chi connectivity index (χ4n) is 2.80. The number of nitrogens with one attached hydrogen (secondary N) is 2. The van der Waals surface area contributed by atoms with Crippen molar-refractivity contribution in [3.8, 4) is 0 Å². The summed E-state index contributed by atoms with van der Waals surface area (Å²) in [6.45, 7) is 0.494. The Balaban J connectivity index is 1.58. The highest BCUT2D eigenvalue weighted by atomic mass is 16.2. The van der Waals surface area contributed by atoms with Gasteiger partial charge in [-0.15, -0.1) is 0 Å². The molecule has 1 atom stereocenters. The lowest BCUT2D eigenvalue weighted by molar-refractivity contribution is 0.235. The third-order valence-electron chi connectivity index (χ3n) is 3.85. The number of pyridine rings is 1. The van der Waals surface area contributed by atoms with Crippen LogP contribution in [0.1, 0.15) is 35.6 Å². The predicted octanol–water partition coefficient (Wildman–Crippen LogP) is 2.96. The van der Waals surface area contributed by atoms with Gasteiger partial charge in [0, 0.05) is 18.9 Å². The second-order valence-corrected chi connectivity index (χ2v) is 5.33. The molecule has 0 spiro atoms. The van der Waals surface area contributed by atoms with Crippen molar-refractivity contribution < 1.29 is 4.79 Å². The Kier molecular flexibility index (Phi) is 4.15. The summed E-state index contributed by atoms with van der Waals surface area (Å²) in [7, 11) is 0.